The largest absolute Gasteiger partial charge is 0.545 e. The summed E-state index contributed by atoms with van der Waals surface area (Å²) >= 11 is 0.885. The number of carboxylic acids is 1. The smallest absolute Gasteiger partial charge is 0.290 e. The molecule has 1 unspecified atom stereocenters. The minimum absolute atomic E-state index is 0.0548. The number of nitrogens with zero attached hydrogens (tertiary/aromatic N) is 1. The molecule has 2 amide bonds. The van der Waals surface area contributed by atoms with E-state index in [1.807, 2.05) is 0 Å². The van der Waals surface area contributed by atoms with E-state index in [9.17, 15) is 19.5 Å². The summed E-state index contributed by atoms with van der Waals surface area (Å²) in [5.41, 5.74) is 0.619. The van der Waals surface area contributed by atoms with Gasteiger partial charge in [-0.15, -0.1) is 0 Å². The standard InChI is InChI=1S/C11H10N2O4S/c1-13-9(14)8(18-11(13)17)12-7-4-2-6(3-5-7)10(15)16/h2-5,8,12H,1H3,(H,15,16)/p-1. The number of benzene rings is 1. The van der Waals surface area contributed by atoms with E-state index in [0.717, 1.165) is 16.7 Å². The van der Waals surface area contributed by atoms with Gasteiger partial charge in [0.1, 0.15) is 0 Å². The molecule has 94 valence electrons. The monoisotopic (exact) mass is 265 g/mol. The second-order valence-corrected chi connectivity index (χ2v) is 4.73. The number of carbonyl (C=O) groups is 3. The first-order chi connectivity index (χ1) is 8.49. The highest BCUT2D eigenvalue weighted by Crippen LogP contribution is 2.26. The Morgan fingerprint density at radius 3 is 2.39 bits per heavy atom. The Bertz CT molecular complexity index is 514. The summed E-state index contributed by atoms with van der Waals surface area (Å²) in [6.07, 6.45) is 0. The van der Waals surface area contributed by atoms with Crippen molar-refractivity contribution in [3.63, 3.8) is 0 Å². The predicted octanol–water partition coefficient (Wildman–Crippen LogP) is 0.113. The molecule has 1 aliphatic rings. The molecule has 0 aliphatic carbocycles. The van der Waals surface area contributed by atoms with E-state index in [0.29, 0.717) is 5.69 Å². The number of nitrogens with one attached hydrogen (secondary N) is 1. The van der Waals surface area contributed by atoms with Crippen molar-refractivity contribution < 1.29 is 19.5 Å². The predicted molar refractivity (Wildman–Crippen MR) is 63.9 cm³/mol. The van der Waals surface area contributed by atoms with Crippen molar-refractivity contribution in [2.45, 2.75) is 5.37 Å². The third-order valence-corrected chi connectivity index (χ3v) is 3.50. The summed E-state index contributed by atoms with van der Waals surface area (Å²) in [4.78, 5) is 34.5. The third kappa shape index (κ3) is 2.30. The number of carboxylic acid groups (broad SMARTS) is 1. The molecule has 6 nitrogen and oxygen atoms in total. The Balaban J connectivity index is 2.08. The first-order valence-corrected chi connectivity index (χ1v) is 5.93. The Morgan fingerprint density at radius 2 is 1.94 bits per heavy atom. The van der Waals surface area contributed by atoms with Crippen LogP contribution in [0.25, 0.3) is 0 Å². The second kappa shape index (κ2) is 4.69. The maximum atomic E-state index is 11.6. The molecule has 1 aromatic carbocycles. The van der Waals surface area contributed by atoms with Gasteiger partial charge in [-0.2, -0.15) is 0 Å². The zero-order chi connectivity index (χ0) is 13.3. The van der Waals surface area contributed by atoms with Crippen LogP contribution in [-0.2, 0) is 4.79 Å². The Morgan fingerprint density at radius 1 is 1.33 bits per heavy atom. The molecule has 0 radical (unpaired) electrons. The Hall–Kier alpha value is -2.02. The van der Waals surface area contributed by atoms with Crippen LogP contribution in [0.15, 0.2) is 24.3 Å². The summed E-state index contributed by atoms with van der Waals surface area (Å²) in [6, 6.07) is 5.77. The maximum Gasteiger partial charge on any atom is 0.290 e. The molecule has 0 spiro atoms. The number of aromatic carboxylic acids is 1. The Kier molecular flexibility index (Phi) is 3.24. The topological polar surface area (TPSA) is 89.5 Å². The van der Waals surface area contributed by atoms with Crippen LogP contribution < -0.4 is 10.4 Å². The fraction of sp³-hybridized carbons (Fsp3) is 0.182. The first-order valence-electron chi connectivity index (χ1n) is 5.05. The van der Waals surface area contributed by atoms with Gasteiger partial charge >= 0.3 is 0 Å². The van der Waals surface area contributed by atoms with Crippen LogP contribution in [0.1, 0.15) is 10.4 Å². The van der Waals surface area contributed by atoms with Gasteiger partial charge in [-0.1, -0.05) is 12.1 Å². The van der Waals surface area contributed by atoms with Crippen molar-refractivity contribution in [2.24, 2.45) is 0 Å². The summed E-state index contributed by atoms with van der Waals surface area (Å²) in [7, 11) is 1.42. The van der Waals surface area contributed by atoms with Crippen molar-refractivity contribution in [1.82, 2.24) is 4.90 Å². The summed E-state index contributed by atoms with van der Waals surface area (Å²) in [6.45, 7) is 0. The number of thioether (sulfide) groups is 1. The van der Waals surface area contributed by atoms with E-state index < -0.39 is 11.3 Å². The number of likely N-dealkylation sites (N-methyl/N-ethyl adjacent to an activating group) is 1. The average molecular weight is 265 g/mol. The molecule has 0 aromatic heterocycles. The number of hydrogen-bond acceptors (Lipinski definition) is 6. The lowest BCUT2D eigenvalue weighted by atomic mass is 10.2. The molecule has 1 saturated heterocycles. The zero-order valence-corrected chi connectivity index (χ0v) is 10.2. The van der Waals surface area contributed by atoms with Gasteiger partial charge in [-0.25, -0.2) is 0 Å². The van der Waals surface area contributed by atoms with Crippen LogP contribution in [0.4, 0.5) is 10.5 Å². The SMILES string of the molecule is CN1C(=O)SC(Nc2ccc(C(=O)[O-])cc2)C1=O. The van der Waals surface area contributed by atoms with E-state index in [2.05, 4.69) is 5.32 Å². The lowest BCUT2D eigenvalue weighted by Gasteiger charge is -2.11. The number of rotatable bonds is 3. The van der Waals surface area contributed by atoms with Gasteiger partial charge in [-0.05, 0) is 29.5 Å². The normalized spacial score (nSPS) is 19.2. The summed E-state index contributed by atoms with van der Waals surface area (Å²) < 4.78 is 0. The molecule has 2 rings (SSSR count). The quantitative estimate of drug-likeness (QED) is 0.834. The van der Waals surface area contributed by atoms with Crippen LogP contribution in [0.2, 0.25) is 0 Å². The molecule has 7 heteroatoms. The molecule has 18 heavy (non-hydrogen) atoms. The van der Waals surface area contributed by atoms with Crippen molar-refractivity contribution in [3.05, 3.63) is 29.8 Å². The molecule has 1 aromatic rings. The number of anilines is 1. The number of hydrogen-bond donors (Lipinski definition) is 1. The molecule has 1 N–H and O–H groups in total. The fourth-order valence-corrected chi connectivity index (χ4v) is 2.34. The number of amides is 2. The van der Waals surface area contributed by atoms with Crippen LogP contribution in [0.5, 0.6) is 0 Å². The average Bonchev–Trinajstić information content (AvgIpc) is 2.58. The van der Waals surface area contributed by atoms with Gasteiger partial charge in [0.25, 0.3) is 11.1 Å². The fourth-order valence-electron chi connectivity index (χ4n) is 1.44. The van der Waals surface area contributed by atoms with E-state index >= 15 is 0 Å². The molecule has 0 saturated carbocycles. The van der Waals surface area contributed by atoms with Crippen molar-refractivity contribution in [3.8, 4) is 0 Å². The van der Waals surface area contributed by atoms with E-state index in [1.165, 1.54) is 31.3 Å². The van der Waals surface area contributed by atoms with Gasteiger partial charge in [0.05, 0.1) is 5.97 Å². The molecule has 1 aliphatic heterocycles. The number of imide groups is 1. The summed E-state index contributed by atoms with van der Waals surface area (Å²) in [5.74, 6) is -1.59. The maximum absolute atomic E-state index is 11.6. The minimum Gasteiger partial charge on any atom is -0.545 e. The van der Waals surface area contributed by atoms with E-state index in [1.54, 1.807) is 0 Å². The van der Waals surface area contributed by atoms with Crippen LogP contribution in [0.3, 0.4) is 0 Å². The lowest BCUT2D eigenvalue weighted by Crippen LogP contribution is -2.31. The highest BCUT2D eigenvalue weighted by molar-refractivity contribution is 8.15. The lowest BCUT2D eigenvalue weighted by molar-refractivity contribution is -0.255. The van der Waals surface area contributed by atoms with Crippen LogP contribution >= 0.6 is 11.8 Å². The molecule has 1 fully saturated rings. The van der Waals surface area contributed by atoms with Gasteiger partial charge in [0, 0.05) is 12.7 Å². The zero-order valence-electron chi connectivity index (χ0n) is 9.38. The molecule has 1 heterocycles. The molecular formula is C11H9N2O4S-. The van der Waals surface area contributed by atoms with Gasteiger partial charge in [0.2, 0.25) is 0 Å². The minimum atomic E-state index is -1.26. The van der Waals surface area contributed by atoms with E-state index in [4.69, 9.17) is 0 Å². The summed E-state index contributed by atoms with van der Waals surface area (Å²) in [5, 5.41) is 12.4. The third-order valence-electron chi connectivity index (χ3n) is 2.47. The van der Waals surface area contributed by atoms with Crippen LogP contribution in [-0.4, -0.2) is 34.4 Å². The molecule has 0 bridgehead atoms. The van der Waals surface area contributed by atoms with Crippen molar-refractivity contribution >= 4 is 34.6 Å². The van der Waals surface area contributed by atoms with E-state index in [-0.39, 0.29) is 16.7 Å². The highest BCUT2D eigenvalue weighted by atomic mass is 32.2. The van der Waals surface area contributed by atoms with Crippen molar-refractivity contribution in [1.29, 1.82) is 0 Å². The van der Waals surface area contributed by atoms with Gasteiger partial charge in [0.15, 0.2) is 5.37 Å². The van der Waals surface area contributed by atoms with Gasteiger partial charge < -0.3 is 15.2 Å². The van der Waals surface area contributed by atoms with Gasteiger partial charge in [-0.3, -0.25) is 14.5 Å². The highest BCUT2D eigenvalue weighted by Gasteiger charge is 2.36. The van der Waals surface area contributed by atoms with Crippen LogP contribution in [0, 0.1) is 0 Å². The second-order valence-electron chi connectivity index (χ2n) is 3.67. The number of carbonyl (C=O) groups excluding carboxylic acids is 3. The molecule has 1 atom stereocenters. The Labute approximate surface area is 107 Å². The van der Waals surface area contributed by atoms with Crippen molar-refractivity contribution in [2.75, 3.05) is 12.4 Å². The molecular weight excluding hydrogens is 256 g/mol. The first kappa shape index (κ1) is 12.4.